The number of benzene rings is 1. The first-order valence-electron chi connectivity index (χ1n) is 8.48. The van der Waals surface area contributed by atoms with Crippen molar-refractivity contribution < 1.29 is 14.4 Å². The van der Waals surface area contributed by atoms with Gasteiger partial charge in [-0.1, -0.05) is 31.5 Å². The maximum atomic E-state index is 11.9. The molecule has 0 atom stereocenters. The van der Waals surface area contributed by atoms with Crippen molar-refractivity contribution in [3.63, 3.8) is 0 Å². The second-order valence-corrected chi connectivity index (χ2v) is 5.80. The molecule has 0 fully saturated rings. The standard InChI is InChI=1S/C18H24N4O3/c1-2-3-11-19-16(23)8-9-17(24)20-21-18(25)13-22-12-10-14-6-4-5-7-15(14)22/h4-7,10,12H,2-3,8-9,11,13H2,1H3,(H,19,23)(H,20,24)(H,21,25). The monoisotopic (exact) mass is 344 g/mol. The fourth-order valence-electron chi connectivity index (χ4n) is 2.39. The number of fused-ring (bicyclic) bond motifs is 1. The van der Waals surface area contributed by atoms with E-state index < -0.39 is 5.91 Å². The molecule has 0 aliphatic heterocycles. The Morgan fingerprint density at radius 2 is 1.68 bits per heavy atom. The van der Waals surface area contributed by atoms with Crippen LogP contribution in [0.2, 0.25) is 0 Å². The van der Waals surface area contributed by atoms with Gasteiger partial charge in [0.2, 0.25) is 11.8 Å². The molecule has 25 heavy (non-hydrogen) atoms. The Balaban J connectivity index is 1.69. The van der Waals surface area contributed by atoms with Crippen LogP contribution in [0.25, 0.3) is 10.9 Å². The summed E-state index contributed by atoms with van der Waals surface area (Å²) in [4.78, 5) is 35.1. The van der Waals surface area contributed by atoms with Gasteiger partial charge < -0.3 is 9.88 Å². The largest absolute Gasteiger partial charge is 0.356 e. The van der Waals surface area contributed by atoms with E-state index in [1.807, 2.05) is 43.5 Å². The number of hydrogen-bond donors (Lipinski definition) is 3. The SMILES string of the molecule is CCCCNC(=O)CCC(=O)NNC(=O)Cn1ccc2ccccc21. The summed E-state index contributed by atoms with van der Waals surface area (Å²) in [6.07, 6.45) is 3.89. The zero-order chi connectivity index (χ0) is 18.1. The summed E-state index contributed by atoms with van der Waals surface area (Å²) >= 11 is 0. The molecule has 0 bridgehead atoms. The normalized spacial score (nSPS) is 10.4. The van der Waals surface area contributed by atoms with E-state index in [2.05, 4.69) is 16.2 Å². The second kappa shape index (κ2) is 9.46. The van der Waals surface area contributed by atoms with Crippen LogP contribution >= 0.6 is 0 Å². The van der Waals surface area contributed by atoms with Gasteiger partial charge in [-0.05, 0) is 23.9 Å². The van der Waals surface area contributed by atoms with Crippen molar-refractivity contribution in [2.75, 3.05) is 6.54 Å². The molecule has 134 valence electrons. The number of unbranched alkanes of at least 4 members (excludes halogenated alkanes) is 1. The summed E-state index contributed by atoms with van der Waals surface area (Å²) in [5.41, 5.74) is 5.66. The van der Waals surface area contributed by atoms with E-state index in [-0.39, 0.29) is 31.2 Å². The summed E-state index contributed by atoms with van der Waals surface area (Å²) in [5, 5.41) is 3.79. The van der Waals surface area contributed by atoms with Crippen LogP contribution in [0, 0.1) is 0 Å². The van der Waals surface area contributed by atoms with E-state index in [9.17, 15) is 14.4 Å². The summed E-state index contributed by atoms with van der Waals surface area (Å²) in [7, 11) is 0. The number of carbonyl (C=O) groups excluding carboxylic acids is 3. The van der Waals surface area contributed by atoms with E-state index in [4.69, 9.17) is 0 Å². The number of aromatic nitrogens is 1. The number of hydrogen-bond acceptors (Lipinski definition) is 3. The number of hydrazine groups is 1. The van der Waals surface area contributed by atoms with E-state index >= 15 is 0 Å². The van der Waals surface area contributed by atoms with Gasteiger partial charge in [0.15, 0.2) is 0 Å². The molecular formula is C18H24N4O3. The van der Waals surface area contributed by atoms with Crippen LogP contribution in [0.4, 0.5) is 0 Å². The molecule has 0 saturated carbocycles. The molecule has 0 aliphatic rings. The lowest BCUT2D eigenvalue weighted by atomic mass is 10.2. The van der Waals surface area contributed by atoms with Gasteiger partial charge in [0.1, 0.15) is 6.54 Å². The van der Waals surface area contributed by atoms with Crippen LogP contribution in [0.5, 0.6) is 0 Å². The lowest BCUT2D eigenvalue weighted by molar-refractivity contribution is -0.130. The zero-order valence-corrected chi connectivity index (χ0v) is 14.4. The molecule has 0 saturated heterocycles. The van der Waals surface area contributed by atoms with Crippen LogP contribution in [0.3, 0.4) is 0 Å². The molecular weight excluding hydrogens is 320 g/mol. The molecule has 2 aromatic rings. The Labute approximate surface area is 146 Å². The summed E-state index contributed by atoms with van der Waals surface area (Å²) in [5.74, 6) is -0.882. The fourth-order valence-corrected chi connectivity index (χ4v) is 2.39. The first kappa shape index (κ1) is 18.5. The van der Waals surface area contributed by atoms with Crippen molar-refractivity contribution in [1.82, 2.24) is 20.7 Å². The third-order valence-corrected chi connectivity index (χ3v) is 3.77. The highest BCUT2D eigenvalue weighted by Crippen LogP contribution is 2.14. The average molecular weight is 344 g/mol. The van der Waals surface area contributed by atoms with Gasteiger partial charge >= 0.3 is 0 Å². The molecule has 7 nitrogen and oxygen atoms in total. The predicted molar refractivity (Wildman–Crippen MR) is 95.4 cm³/mol. The number of carbonyl (C=O) groups is 3. The van der Waals surface area contributed by atoms with E-state index in [1.165, 1.54) is 0 Å². The minimum Gasteiger partial charge on any atom is -0.356 e. The third kappa shape index (κ3) is 5.95. The molecule has 3 amide bonds. The number of rotatable bonds is 8. The number of nitrogens with zero attached hydrogens (tertiary/aromatic N) is 1. The van der Waals surface area contributed by atoms with Crippen LogP contribution < -0.4 is 16.2 Å². The molecule has 1 aromatic heterocycles. The molecule has 0 radical (unpaired) electrons. The Morgan fingerprint density at radius 3 is 2.48 bits per heavy atom. The van der Waals surface area contributed by atoms with E-state index in [0.29, 0.717) is 6.54 Å². The van der Waals surface area contributed by atoms with Crippen molar-refractivity contribution in [1.29, 1.82) is 0 Å². The van der Waals surface area contributed by atoms with Crippen LogP contribution in [-0.4, -0.2) is 28.8 Å². The average Bonchev–Trinajstić information content (AvgIpc) is 3.01. The Kier molecular flexibility index (Phi) is 7.00. The maximum absolute atomic E-state index is 11.9. The minimum atomic E-state index is -0.392. The first-order valence-corrected chi connectivity index (χ1v) is 8.48. The molecule has 0 unspecified atom stereocenters. The van der Waals surface area contributed by atoms with Gasteiger partial charge in [0.05, 0.1) is 0 Å². The predicted octanol–water partition coefficient (Wildman–Crippen LogP) is 1.49. The smallest absolute Gasteiger partial charge is 0.258 e. The molecule has 1 heterocycles. The Morgan fingerprint density at radius 1 is 0.960 bits per heavy atom. The second-order valence-electron chi connectivity index (χ2n) is 5.80. The molecule has 7 heteroatoms. The van der Waals surface area contributed by atoms with Crippen LogP contribution in [-0.2, 0) is 20.9 Å². The van der Waals surface area contributed by atoms with Crippen LogP contribution in [0.15, 0.2) is 36.5 Å². The maximum Gasteiger partial charge on any atom is 0.258 e. The van der Waals surface area contributed by atoms with Crippen molar-refractivity contribution in [3.8, 4) is 0 Å². The molecule has 2 rings (SSSR count). The highest BCUT2D eigenvalue weighted by molar-refractivity contribution is 5.86. The minimum absolute atomic E-state index is 0.0324. The van der Waals surface area contributed by atoms with E-state index in [1.54, 1.807) is 4.57 Å². The number of amides is 3. The van der Waals surface area contributed by atoms with Gasteiger partial charge in [0, 0.05) is 31.1 Å². The Hall–Kier alpha value is -2.83. The number of nitrogens with one attached hydrogen (secondary N) is 3. The van der Waals surface area contributed by atoms with Crippen molar-refractivity contribution >= 4 is 28.6 Å². The van der Waals surface area contributed by atoms with Gasteiger partial charge in [-0.3, -0.25) is 25.2 Å². The van der Waals surface area contributed by atoms with Gasteiger partial charge in [-0.25, -0.2) is 0 Å². The summed E-state index contributed by atoms with van der Waals surface area (Å²) in [6.45, 7) is 2.77. The van der Waals surface area contributed by atoms with Gasteiger partial charge in [-0.2, -0.15) is 0 Å². The highest BCUT2D eigenvalue weighted by atomic mass is 16.2. The van der Waals surface area contributed by atoms with Gasteiger partial charge in [0.25, 0.3) is 5.91 Å². The lowest BCUT2D eigenvalue weighted by Gasteiger charge is -2.09. The third-order valence-electron chi connectivity index (χ3n) is 3.77. The number of para-hydroxylation sites is 1. The first-order chi connectivity index (χ1) is 12.1. The fraction of sp³-hybridized carbons (Fsp3) is 0.389. The van der Waals surface area contributed by atoms with E-state index in [0.717, 1.165) is 23.7 Å². The summed E-state index contributed by atoms with van der Waals surface area (Å²) < 4.78 is 1.80. The molecule has 3 N–H and O–H groups in total. The van der Waals surface area contributed by atoms with Crippen molar-refractivity contribution in [3.05, 3.63) is 36.5 Å². The summed E-state index contributed by atoms with van der Waals surface area (Å²) in [6, 6.07) is 9.67. The molecule has 0 aliphatic carbocycles. The molecule has 0 spiro atoms. The lowest BCUT2D eigenvalue weighted by Crippen LogP contribution is -2.43. The zero-order valence-electron chi connectivity index (χ0n) is 14.4. The highest BCUT2D eigenvalue weighted by Gasteiger charge is 2.09. The quantitative estimate of drug-likeness (QED) is 0.500. The molecule has 1 aromatic carbocycles. The van der Waals surface area contributed by atoms with Crippen molar-refractivity contribution in [2.45, 2.75) is 39.2 Å². The topological polar surface area (TPSA) is 92.2 Å². The Bertz CT molecular complexity index is 739. The van der Waals surface area contributed by atoms with Crippen molar-refractivity contribution in [2.24, 2.45) is 0 Å². The van der Waals surface area contributed by atoms with Gasteiger partial charge in [-0.15, -0.1) is 0 Å². The van der Waals surface area contributed by atoms with Crippen LogP contribution in [0.1, 0.15) is 32.6 Å².